The summed E-state index contributed by atoms with van der Waals surface area (Å²) in [6.45, 7) is 15.3. The maximum atomic E-state index is 13.9. The van der Waals surface area contributed by atoms with Gasteiger partial charge in [-0.05, 0) is 155 Å². The molecule has 3 amide bonds. The number of carboxylic acids is 1. The summed E-state index contributed by atoms with van der Waals surface area (Å²) in [5, 5.41) is 29.6. The largest absolute Gasteiger partial charge is 0.481 e. The molecular weight excluding hydrogens is 833 g/mol. The highest BCUT2D eigenvalue weighted by Gasteiger charge is 2.25. The number of rotatable bonds is 17. The molecule has 0 fully saturated rings. The van der Waals surface area contributed by atoms with E-state index in [-0.39, 0.29) is 56.9 Å². The van der Waals surface area contributed by atoms with Crippen LogP contribution in [0.2, 0.25) is 0 Å². The Balaban J connectivity index is 1.27. The Kier molecular flexibility index (Phi) is 14.7. The number of hydrogen-bond donors (Lipinski definition) is 6. The van der Waals surface area contributed by atoms with Crippen molar-refractivity contribution in [2.45, 2.75) is 119 Å². The van der Waals surface area contributed by atoms with Crippen molar-refractivity contribution >= 4 is 74.6 Å². The van der Waals surface area contributed by atoms with Crippen LogP contribution in [0.1, 0.15) is 118 Å². The van der Waals surface area contributed by atoms with Crippen molar-refractivity contribution in [2.75, 3.05) is 13.1 Å². The second kappa shape index (κ2) is 20.2. The number of H-pyrrole nitrogens is 2. The van der Waals surface area contributed by atoms with Gasteiger partial charge in [0.2, 0.25) is 11.8 Å². The van der Waals surface area contributed by atoms with Crippen molar-refractivity contribution in [3.8, 4) is 0 Å². The second-order valence-electron chi connectivity index (χ2n) is 17.5. The molecule has 6 N–H and O–H groups in total. The zero-order chi connectivity index (χ0) is 47.2. The molecule has 344 valence electrons. The summed E-state index contributed by atoms with van der Waals surface area (Å²) in [6, 6.07) is 8.97. The number of imidazole rings is 1. The van der Waals surface area contributed by atoms with Gasteiger partial charge in [-0.1, -0.05) is 0 Å². The third kappa shape index (κ3) is 12.1. The number of aryl methyl sites for hydroxylation is 4. The fourth-order valence-electron chi connectivity index (χ4n) is 7.92. The normalized spacial score (nSPS) is 13.0. The Labute approximate surface area is 376 Å². The number of aliphatic carboxylic acids is 1. The van der Waals surface area contributed by atoms with Crippen LogP contribution >= 0.6 is 0 Å². The molecule has 1 atom stereocenters. The number of hydrogen-bond acceptors (Lipinski definition) is 10. The van der Waals surface area contributed by atoms with Crippen LogP contribution in [0.3, 0.4) is 0 Å². The van der Waals surface area contributed by atoms with E-state index < -0.39 is 34.5 Å². The molecule has 0 radical (unpaired) electrons. The van der Waals surface area contributed by atoms with Crippen LogP contribution in [-0.4, -0.2) is 88.1 Å². The molecule has 0 aliphatic carbocycles. The number of unbranched alkanes of at least 4 members (excludes halogenated alkanes) is 1. The summed E-state index contributed by atoms with van der Waals surface area (Å²) < 4.78 is 6.71. The maximum absolute atomic E-state index is 13.9. The predicted octanol–water partition coefficient (Wildman–Crippen LogP) is 7.63. The Bertz CT molecular complexity index is 2750. The maximum Gasteiger partial charge on any atom is 0.407 e. The topological polar surface area (TPSA) is 252 Å². The quantitative estimate of drug-likeness (QED) is 0.0341. The van der Waals surface area contributed by atoms with E-state index in [4.69, 9.17) is 14.7 Å². The fraction of sp³-hybridized carbons (Fsp3) is 0.426. The Morgan fingerprint density at radius 1 is 0.877 bits per heavy atom. The van der Waals surface area contributed by atoms with Gasteiger partial charge in [0.1, 0.15) is 24.4 Å². The molecule has 4 aromatic heterocycles. The van der Waals surface area contributed by atoms with E-state index in [1.165, 1.54) is 10.8 Å². The number of allylic oxidation sites excluding steroid dienone is 3. The first kappa shape index (κ1) is 47.4. The van der Waals surface area contributed by atoms with E-state index in [0.717, 1.165) is 61.3 Å². The molecule has 6 heterocycles. The van der Waals surface area contributed by atoms with Crippen LogP contribution < -0.4 is 16.0 Å². The summed E-state index contributed by atoms with van der Waals surface area (Å²) in [5.74, 6) is -1.52. The van der Waals surface area contributed by atoms with Gasteiger partial charge in [-0.25, -0.2) is 24.3 Å². The lowest BCUT2D eigenvalue weighted by molar-refractivity contribution is -0.392. The van der Waals surface area contributed by atoms with Gasteiger partial charge in [0, 0.05) is 48.4 Å². The van der Waals surface area contributed by atoms with E-state index in [0.29, 0.717) is 42.1 Å². The van der Waals surface area contributed by atoms with Crippen LogP contribution in [0.25, 0.3) is 44.9 Å². The molecule has 2 aliphatic rings. The average molecular weight is 891 g/mol. The number of carbonyl (C=O) groups excluding carboxylic acids is 3. The van der Waals surface area contributed by atoms with Gasteiger partial charge in [-0.15, -0.1) is 0 Å². The highest BCUT2D eigenvalue weighted by atomic mass is 16.6. The Morgan fingerprint density at radius 3 is 2.37 bits per heavy atom. The molecule has 4 aromatic rings. The van der Waals surface area contributed by atoms with Crippen molar-refractivity contribution in [3.63, 3.8) is 0 Å². The van der Waals surface area contributed by atoms with Gasteiger partial charge in [0.15, 0.2) is 5.82 Å². The molecule has 18 heteroatoms. The number of carboxylic acid groups (broad SMARTS) is 1. The molecule has 0 saturated carbocycles. The van der Waals surface area contributed by atoms with Gasteiger partial charge in [-0.3, -0.25) is 14.4 Å². The predicted molar refractivity (Wildman–Crippen MR) is 248 cm³/mol. The van der Waals surface area contributed by atoms with Gasteiger partial charge < -0.3 is 45.9 Å². The van der Waals surface area contributed by atoms with Crippen LogP contribution in [0.4, 0.5) is 10.6 Å². The fourth-order valence-corrected chi connectivity index (χ4v) is 7.92. The summed E-state index contributed by atoms with van der Waals surface area (Å²) >= 11 is 0. The van der Waals surface area contributed by atoms with E-state index in [2.05, 4.69) is 37.0 Å². The van der Waals surface area contributed by atoms with E-state index in [1.54, 1.807) is 27.7 Å². The molecule has 65 heavy (non-hydrogen) atoms. The molecule has 6 rings (SSSR count). The number of alkyl carbamates (subject to hydrolysis) is 1. The lowest BCUT2D eigenvalue weighted by Crippen LogP contribution is -2.47. The monoisotopic (exact) mass is 890 g/mol. The second-order valence-corrected chi connectivity index (χ2v) is 17.5. The number of ether oxygens (including phenoxy) is 1. The summed E-state index contributed by atoms with van der Waals surface area (Å²) in [6.07, 6.45) is 4.36. The molecule has 8 bridgehead atoms. The molecule has 0 aromatic carbocycles. The van der Waals surface area contributed by atoms with Gasteiger partial charge >= 0.3 is 17.9 Å². The molecule has 0 saturated heterocycles. The highest BCUT2D eigenvalue weighted by molar-refractivity contribution is 5.95. The lowest BCUT2D eigenvalue weighted by atomic mass is 9.99. The van der Waals surface area contributed by atoms with Crippen molar-refractivity contribution in [1.82, 2.24) is 45.4 Å². The smallest absolute Gasteiger partial charge is 0.407 e. The zero-order valence-electron chi connectivity index (χ0n) is 38.2. The zero-order valence-corrected chi connectivity index (χ0v) is 38.2. The standard InChI is InChI=1S/C47H58N10O8/c1-26-19-32-22-38-28(3)34(13-15-44(59)60)41(53-38)24-40-33(29(4)39(54-40)23-37-27(2)20-31(52-37)21-36(26)51-32)12-14-42(58)55-35(11-9-10-16-49-46(62)65-47(6,7)8)45(61)48-17-18-56-30(5)50-25-43(56)57(63)64/h19-25,35,51,53H,9-18H2,1-8H3,(H,48,61)(H,49,62)(H,55,58)(H,59,60)/t35-/m0/s1. The number of amides is 3. The number of fused-ring (bicyclic) bond motifs is 8. The number of aromatic amines is 2. The number of nitro groups is 1. The van der Waals surface area contributed by atoms with Crippen molar-refractivity contribution < 1.29 is 33.9 Å². The molecule has 18 nitrogen and oxygen atoms in total. The number of aromatic nitrogens is 6. The van der Waals surface area contributed by atoms with Crippen LogP contribution in [0.15, 0.2) is 36.5 Å². The van der Waals surface area contributed by atoms with Gasteiger partial charge in [0.05, 0.1) is 29.3 Å². The van der Waals surface area contributed by atoms with Gasteiger partial charge in [0.25, 0.3) is 0 Å². The first-order chi connectivity index (χ1) is 30.8. The van der Waals surface area contributed by atoms with Crippen LogP contribution in [0.5, 0.6) is 0 Å². The minimum absolute atomic E-state index is 0.00687. The summed E-state index contributed by atoms with van der Waals surface area (Å²) in [5.41, 5.74) is 10.9. The van der Waals surface area contributed by atoms with Crippen LogP contribution in [0, 0.1) is 30.9 Å². The third-order valence-electron chi connectivity index (χ3n) is 11.4. The van der Waals surface area contributed by atoms with Crippen molar-refractivity contribution in [2.24, 2.45) is 0 Å². The minimum atomic E-state index is -0.940. The first-order valence-corrected chi connectivity index (χ1v) is 21.8. The highest BCUT2D eigenvalue weighted by Crippen LogP contribution is 2.35. The SMILES string of the molecule is CC1=Cc2cc3[nH]c(cc3C)cc3[nH]c(cc4nc(cc1n2)C(C)=C4CCC(=O)N[C@@H](CCCCNC(=O)OC(C)(C)C)C(=O)NCCn1c([N+](=O)[O-])cnc1C)c(CCC(=O)O)c3C. The molecule has 0 spiro atoms. The Hall–Kier alpha value is -7.11. The molecular formula is C47H58N10O8. The molecule has 0 unspecified atom stereocenters. The summed E-state index contributed by atoms with van der Waals surface area (Å²) in [4.78, 5) is 83.5. The number of carbonyl (C=O) groups is 4. The minimum Gasteiger partial charge on any atom is -0.481 e. The van der Waals surface area contributed by atoms with E-state index >= 15 is 0 Å². The molecule has 2 aliphatic heterocycles. The van der Waals surface area contributed by atoms with Crippen LogP contribution in [-0.2, 0) is 32.1 Å². The third-order valence-corrected chi connectivity index (χ3v) is 11.4. The van der Waals surface area contributed by atoms with E-state index in [1.807, 2.05) is 58.0 Å². The number of nitrogens with zero attached hydrogens (tertiary/aromatic N) is 5. The van der Waals surface area contributed by atoms with Crippen molar-refractivity contribution in [3.05, 3.63) is 91.9 Å². The van der Waals surface area contributed by atoms with E-state index in [9.17, 15) is 34.4 Å². The van der Waals surface area contributed by atoms with Gasteiger partial charge in [-0.2, -0.15) is 0 Å². The number of nitrogens with one attached hydrogen (secondary N) is 5. The first-order valence-electron chi connectivity index (χ1n) is 21.8. The average Bonchev–Trinajstić information content (AvgIpc) is 4.00. The Morgan fingerprint density at radius 2 is 1.65 bits per heavy atom. The lowest BCUT2D eigenvalue weighted by Gasteiger charge is -2.20. The summed E-state index contributed by atoms with van der Waals surface area (Å²) in [7, 11) is 0. The van der Waals surface area contributed by atoms with Crippen molar-refractivity contribution in [1.29, 1.82) is 0 Å².